The van der Waals surface area contributed by atoms with E-state index in [1.807, 2.05) is 18.5 Å². The second kappa shape index (κ2) is 7.96. The first-order valence-electron chi connectivity index (χ1n) is 8.38. The molecule has 2 N–H and O–H groups in total. The van der Waals surface area contributed by atoms with Crippen LogP contribution in [0.1, 0.15) is 41.4 Å². The Morgan fingerprint density at radius 1 is 1.20 bits per heavy atom. The van der Waals surface area contributed by atoms with Crippen molar-refractivity contribution in [3.8, 4) is 0 Å². The van der Waals surface area contributed by atoms with E-state index in [1.54, 1.807) is 0 Å². The number of aliphatic carboxylic acids is 1. The van der Waals surface area contributed by atoms with Crippen molar-refractivity contribution in [1.29, 1.82) is 0 Å². The van der Waals surface area contributed by atoms with Gasteiger partial charge in [-0.15, -0.1) is 0 Å². The average molecular weight is 343 g/mol. The third kappa shape index (κ3) is 4.92. The van der Waals surface area contributed by atoms with Crippen LogP contribution in [0.5, 0.6) is 0 Å². The SMILES string of the molecule is Cc1ccc(Cn2nc(C)c(CCC(=O)N[C@@H](C)C(=O)O)c2C)cc1. The van der Waals surface area contributed by atoms with Crippen LogP contribution in [0.4, 0.5) is 0 Å². The number of rotatable bonds is 7. The van der Waals surface area contributed by atoms with E-state index in [-0.39, 0.29) is 12.3 Å². The van der Waals surface area contributed by atoms with E-state index >= 15 is 0 Å². The van der Waals surface area contributed by atoms with Gasteiger partial charge in [-0.1, -0.05) is 29.8 Å². The van der Waals surface area contributed by atoms with Crippen molar-refractivity contribution < 1.29 is 14.7 Å². The Bertz CT molecular complexity index is 763. The molecule has 6 nitrogen and oxygen atoms in total. The zero-order valence-electron chi connectivity index (χ0n) is 15.2. The Morgan fingerprint density at radius 3 is 2.44 bits per heavy atom. The summed E-state index contributed by atoms with van der Waals surface area (Å²) >= 11 is 0. The fraction of sp³-hybridized carbons (Fsp3) is 0.421. The summed E-state index contributed by atoms with van der Waals surface area (Å²) in [5, 5.41) is 15.9. The molecular weight excluding hydrogens is 318 g/mol. The molecule has 0 aliphatic carbocycles. The van der Waals surface area contributed by atoms with Gasteiger partial charge in [0.1, 0.15) is 6.04 Å². The maximum absolute atomic E-state index is 11.9. The number of hydrogen-bond acceptors (Lipinski definition) is 3. The highest BCUT2D eigenvalue weighted by molar-refractivity contribution is 5.83. The topological polar surface area (TPSA) is 84.2 Å². The molecule has 134 valence electrons. The summed E-state index contributed by atoms with van der Waals surface area (Å²) in [5.41, 5.74) is 5.39. The lowest BCUT2D eigenvalue weighted by Crippen LogP contribution is -2.38. The molecule has 0 aliphatic rings. The number of nitrogens with zero attached hydrogens (tertiary/aromatic N) is 2. The van der Waals surface area contributed by atoms with E-state index in [0.29, 0.717) is 13.0 Å². The van der Waals surface area contributed by atoms with Gasteiger partial charge in [0.2, 0.25) is 5.91 Å². The normalized spacial score (nSPS) is 12.0. The van der Waals surface area contributed by atoms with Gasteiger partial charge in [-0.25, -0.2) is 0 Å². The van der Waals surface area contributed by atoms with Crippen LogP contribution in [-0.2, 0) is 22.6 Å². The van der Waals surface area contributed by atoms with Crippen molar-refractivity contribution in [3.63, 3.8) is 0 Å². The zero-order chi connectivity index (χ0) is 18.6. The van der Waals surface area contributed by atoms with Crippen LogP contribution in [0.15, 0.2) is 24.3 Å². The molecule has 1 atom stereocenters. The monoisotopic (exact) mass is 343 g/mol. The van der Waals surface area contributed by atoms with Crippen LogP contribution >= 0.6 is 0 Å². The minimum Gasteiger partial charge on any atom is -0.480 e. The molecule has 2 aromatic rings. The number of carbonyl (C=O) groups excluding carboxylic acids is 1. The second-order valence-corrected chi connectivity index (χ2v) is 6.42. The molecule has 0 aliphatic heterocycles. The predicted molar refractivity (Wildman–Crippen MR) is 95.5 cm³/mol. The Balaban J connectivity index is 2.02. The fourth-order valence-electron chi connectivity index (χ4n) is 2.73. The number of nitrogens with one attached hydrogen (secondary N) is 1. The molecule has 1 aromatic carbocycles. The first-order chi connectivity index (χ1) is 11.8. The summed E-state index contributed by atoms with van der Waals surface area (Å²) in [7, 11) is 0. The standard InChI is InChI=1S/C19H25N3O3/c1-12-5-7-16(8-6-12)11-22-15(4)17(13(2)21-22)9-10-18(23)20-14(3)19(24)25/h5-8,14H,9-11H2,1-4H3,(H,20,23)(H,24,25)/t14-/m0/s1. The lowest BCUT2D eigenvalue weighted by Gasteiger charge is -2.09. The Hall–Kier alpha value is -2.63. The molecule has 1 amide bonds. The van der Waals surface area contributed by atoms with Gasteiger partial charge < -0.3 is 10.4 Å². The smallest absolute Gasteiger partial charge is 0.325 e. The third-order valence-corrected chi connectivity index (χ3v) is 4.33. The summed E-state index contributed by atoms with van der Waals surface area (Å²) < 4.78 is 1.95. The highest BCUT2D eigenvalue weighted by atomic mass is 16.4. The van der Waals surface area contributed by atoms with E-state index in [9.17, 15) is 9.59 Å². The molecule has 6 heteroatoms. The van der Waals surface area contributed by atoms with E-state index in [1.165, 1.54) is 18.1 Å². The number of carbonyl (C=O) groups is 2. The first-order valence-corrected chi connectivity index (χ1v) is 8.38. The molecule has 2 rings (SSSR count). The van der Waals surface area contributed by atoms with E-state index < -0.39 is 12.0 Å². The van der Waals surface area contributed by atoms with Gasteiger partial charge in [0.25, 0.3) is 0 Å². The van der Waals surface area contributed by atoms with Gasteiger partial charge in [0.05, 0.1) is 12.2 Å². The Morgan fingerprint density at radius 2 is 1.84 bits per heavy atom. The molecule has 0 bridgehead atoms. The summed E-state index contributed by atoms with van der Waals surface area (Å²) in [6.07, 6.45) is 0.791. The minimum absolute atomic E-state index is 0.246. The lowest BCUT2D eigenvalue weighted by atomic mass is 10.1. The summed E-state index contributed by atoms with van der Waals surface area (Å²) in [4.78, 5) is 22.7. The predicted octanol–water partition coefficient (Wildman–Crippen LogP) is 2.38. The summed E-state index contributed by atoms with van der Waals surface area (Å²) in [6, 6.07) is 7.46. The molecule has 1 heterocycles. The second-order valence-electron chi connectivity index (χ2n) is 6.42. The number of aromatic nitrogens is 2. The Kier molecular flexibility index (Phi) is 5.96. The van der Waals surface area contributed by atoms with Crippen LogP contribution in [0.3, 0.4) is 0 Å². The van der Waals surface area contributed by atoms with Crippen molar-refractivity contribution in [2.24, 2.45) is 0 Å². The highest BCUT2D eigenvalue weighted by Crippen LogP contribution is 2.17. The van der Waals surface area contributed by atoms with Crippen molar-refractivity contribution in [2.75, 3.05) is 0 Å². The van der Waals surface area contributed by atoms with E-state index in [2.05, 4.69) is 41.6 Å². The minimum atomic E-state index is -1.04. The van der Waals surface area contributed by atoms with Crippen LogP contribution < -0.4 is 5.32 Å². The molecule has 1 aromatic heterocycles. The summed E-state index contributed by atoms with van der Waals surface area (Å²) in [5.74, 6) is -1.30. The van der Waals surface area contributed by atoms with Gasteiger partial charge in [-0.2, -0.15) is 5.10 Å². The number of carboxylic acid groups (broad SMARTS) is 1. The largest absolute Gasteiger partial charge is 0.480 e. The number of carboxylic acids is 1. The van der Waals surface area contributed by atoms with Crippen LogP contribution in [0.25, 0.3) is 0 Å². The molecule has 0 spiro atoms. The van der Waals surface area contributed by atoms with Crippen molar-refractivity contribution >= 4 is 11.9 Å². The van der Waals surface area contributed by atoms with Crippen LogP contribution in [-0.4, -0.2) is 32.8 Å². The van der Waals surface area contributed by atoms with Crippen LogP contribution in [0.2, 0.25) is 0 Å². The van der Waals surface area contributed by atoms with Crippen LogP contribution in [0, 0.1) is 20.8 Å². The van der Waals surface area contributed by atoms with Crippen molar-refractivity contribution in [2.45, 2.75) is 53.1 Å². The van der Waals surface area contributed by atoms with E-state index in [0.717, 1.165) is 17.0 Å². The van der Waals surface area contributed by atoms with Crippen molar-refractivity contribution in [3.05, 3.63) is 52.3 Å². The number of amides is 1. The molecule has 0 saturated heterocycles. The maximum atomic E-state index is 11.9. The van der Waals surface area contributed by atoms with E-state index in [4.69, 9.17) is 5.11 Å². The lowest BCUT2D eigenvalue weighted by molar-refractivity contribution is -0.141. The van der Waals surface area contributed by atoms with Gasteiger partial charge in [-0.05, 0) is 45.2 Å². The third-order valence-electron chi connectivity index (χ3n) is 4.33. The quantitative estimate of drug-likeness (QED) is 0.808. The van der Waals surface area contributed by atoms with Gasteiger partial charge in [-0.3, -0.25) is 14.3 Å². The van der Waals surface area contributed by atoms with Crippen molar-refractivity contribution in [1.82, 2.24) is 15.1 Å². The molecule has 0 saturated carbocycles. The first kappa shape index (κ1) is 18.7. The summed E-state index contributed by atoms with van der Waals surface area (Å²) in [6.45, 7) is 8.14. The zero-order valence-corrected chi connectivity index (χ0v) is 15.2. The Labute approximate surface area is 147 Å². The molecule has 0 radical (unpaired) electrons. The highest BCUT2D eigenvalue weighted by Gasteiger charge is 2.16. The molecular formula is C19H25N3O3. The van der Waals surface area contributed by atoms with Gasteiger partial charge >= 0.3 is 5.97 Å². The number of benzene rings is 1. The average Bonchev–Trinajstić information content (AvgIpc) is 2.81. The van der Waals surface area contributed by atoms with Gasteiger partial charge in [0, 0.05) is 12.1 Å². The maximum Gasteiger partial charge on any atom is 0.325 e. The number of aryl methyl sites for hydroxylation is 2. The van der Waals surface area contributed by atoms with Gasteiger partial charge in [0.15, 0.2) is 0 Å². The molecule has 0 fully saturated rings. The molecule has 25 heavy (non-hydrogen) atoms. The number of hydrogen-bond donors (Lipinski definition) is 2. The fourth-order valence-corrected chi connectivity index (χ4v) is 2.73. The molecule has 0 unspecified atom stereocenters.